The van der Waals surface area contributed by atoms with Gasteiger partial charge in [0.2, 0.25) is 0 Å². The molecule has 20 heavy (non-hydrogen) atoms. The first kappa shape index (κ1) is 15.6. The first-order chi connectivity index (χ1) is 9.46. The fourth-order valence-corrected chi connectivity index (χ4v) is 3.90. The van der Waals surface area contributed by atoms with Crippen molar-refractivity contribution in [3.8, 4) is 0 Å². The lowest BCUT2D eigenvalue weighted by Gasteiger charge is -2.31. The molecule has 0 saturated heterocycles. The number of aryl methyl sites for hydroxylation is 3. The minimum atomic E-state index is -0.0922. The van der Waals surface area contributed by atoms with Crippen molar-refractivity contribution in [2.45, 2.75) is 78.2 Å². The fraction of sp³-hybridized carbons (Fsp3) is 0.684. The molecule has 0 aliphatic heterocycles. The summed E-state index contributed by atoms with van der Waals surface area (Å²) in [5, 5.41) is 0. The standard InChI is InChI=1S/C19H31N/c1-5-7-17-8-6-10-19(20,11-9-17)18-13-15(3)14(2)12-16(18)4/h12-13,17H,5-11,20H2,1-4H3. The van der Waals surface area contributed by atoms with E-state index in [1.807, 2.05) is 0 Å². The first-order valence-corrected chi connectivity index (χ1v) is 8.33. The van der Waals surface area contributed by atoms with E-state index < -0.39 is 0 Å². The largest absolute Gasteiger partial charge is 0.321 e. The van der Waals surface area contributed by atoms with Crippen LogP contribution in [0, 0.1) is 26.7 Å². The van der Waals surface area contributed by atoms with Crippen molar-refractivity contribution in [1.82, 2.24) is 0 Å². The second-order valence-electron chi connectivity index (χ2n) is 6.99. The van der Waals surface area contributed by atoms with Gasteiger partial charge in [-0.1, -0.05) is 44.7 Å². The van der Waals surface area contributed by atoms with Crippen LogP contribution in [-0.4, -0.2) is 0 Å². The summed E-state index contributed by atoms with van der Waals surface area (Å²) in [6, 6.07) is 4.67. The summed E-state index contributed by atoms with van der Waals surface area (Å²) in [7, 11) is 0. The van der Waals surface area contributed by atoms with Crippen molar-refractivity contribution >= 4 is 0 Å². The van der Waals surface area contributed by atoms with E-state index in [0.29, 0.717) is 0 Å². The van der Waals surface area contributed by atoms with E-state index in [4.69, 9.17) is 5.73 Å². The summed E-state index contributed by atoms with van der Waals surface area (Å²) >= 11 is 0. The number of hydrogen-bond acceptors (Lipinski definition) is 1. The van der Waals surface area contributed by atoms with Gasteiger partial charge in [0.15, 0.2) is 0 Å². The zero-order chi connectivity index (χ0) is 14.8. The van der Waals surface area contributed by atoms with Gasteiger partial charge in [0.25, 0.3) is 0 Å². The van der Waals surface area contributed by atoms with Crippen molar-refractivity contribution in [2.75, 3.05) is 0 Å². The van der Waals surface area contributed by atoms with E-state index in [2.05, 4.69) is 39.8 Å². The van der Waals surface area contributed by atoms with Gasteiger partial charge in [0.05, 0.1) is 0 Å². The highest BCUT2D eigenvalue weighted by molar-refractivity contribution is 5.40. The third kappa shape index (κ3) is 3.25. The van der Waals surface area contributed by atoms with Gasteiger partial charge in [0.1, 0.15) is 0 Å². The van der Waals surface area contributed by atoms with E-state index in [9.17, 15) is 0 Å². The Kier molecular flexibility index (Phi) is 4.90. The molecule has 1 aromatic carbocycles. The average Bonchev–Trinajstić information content (AvgIpc) is 2.58. The molecule has 1 aliphatic carbocycles. The molecule has 112 valence electrons. The van der Waals surface area contributed by atoms with Crippen LogP contribution in [0.3, 0.4) is 0 Å². The second-order valence-corrected chi connectivity index (χ2v) is 6.99. The first-order valence-electron chi connectivity index (χ1n) is 8.33. The van der Waals surface area contributed by atoms with Crippen molar-refractivity contribution in [3.05, 3.63) is 34.4 Å². The zero-order valence-corrected chi connectivity index (χ0v) is 13.8. The van der Waals surface area contributed by atoms with Crippen LogP contribution in [0.2, 0.25) is 0 Å². The molecular weight excluding hydrogens is 242 g/mol. The van der Waals surface area contributed by atoms with Gasteiger partial charge in [-0.05, 0) is 68.2 Å². The molecule has 2 rings (SSSR count). The molecule has 1 nitrogen and oxygen atoms in total. The molecule has 0 spiro atoms. The molecule has 0 amide bonds. The van der Waals surface area contributed by atoms with Crippen LogP contribution in [0.4, 0.5) is 0 Å². The summed E-state index contributed by atoms with van der Waals surface area (Å²) in [5.74, 6) is 0.900. The highest BCUT2D eigenvalue weighted by Gasteiger charge is 2.32. The van der Waals surface area contributed by atoms with Gasteiger partial charge < -0.3 is 5.73 Å². The molecule has 0 bridgehead atoms. The van der Waals surface area contributed by atoms with Crippen molar-refractivity contribution in [2.24, 2.45) is 11.7 Å². The molecule has 0 heterocycles. The van der Waals surface area contributed by atoms with Gasteiger partial charge in [-0.2, -0.15) is 0 Å². The van der Waals surface area contributed by atoms with E-state index >= 15 is 0 Å². The van der Waals surface area contributed by atoms with Gasteiger partial charge in [0, 0.05) is 5.54 Å². The predicted molar refractivity (Wildman–Crippen MR) is 88.0 cm³/mol. The Morgan fingerprint density at radius 2 is 1.75 bits per heavy atom. The molecule has 1 heteroatoms. The summed E-state index contributed by atoms with van der Waals surface area (Å²) in [5.41, 5.74) is 12.3. The Morgan fingerprint density at radius 3 is 2.45 bits per heavy atom. The maximum atomic E-state index is 6.86. The van der Waals surface area contributed by atoms with Crippen molar-refractivity contribution in [1.29, 1.82) is 0 Å². The Labute approximate surface area is 125 Å². The van der Waals surface area contributed by atoms with Crippen molar-refractivity contribution in [3.63, 3.8) is 0 Å². The zero-order valence-electron chi connectivity index (χ0n) is 13.8. The maximum absolute atomic E-state index is 6.86. The number of benzene rings is 1. The molecule has 2 atom stereocenters. The monoisotopic (exact) mass is 273 g/mol. The molecule has 1 fully saturated rings. The molecule has 2 unspecified atom stereocenters. The molecule has 2 N–H and O–H groups in total. The topological polar surface area (TPSA) is 26.0 Å². The summed E-state index contributed by atoms with van der Waals surface area (Å²) in [4.78, 5) is 0. The second kappa shape index (κ2) is 6.30. The smallest absolute Gasteiger partial charge is 0.0412 e. The minimum absolute atomic E-state index is 0.0922. The van der Waals surface area contributed by atoms with Crippen LogP contribution in [0.15, 0.2) is 12.1 Å². The van der Waals surface area contributed by atoms with Crippen LogP contribution in [-0.2, 0) is 5.54 Å². The Bertz CT molecular complexity index is 463. The third-order valence-electron chi connectivity index (χ3n) is 5.31. The van der Waals surface area contributed by atoms with E-state index in [1.165, 1.54) is 54.4 Å². The molecule has 0 aromatic heterocycles. The van der Waals surface area contributed by atoms with Crippen LogP contribution < -0.4 is 5.73 Å². The lowest BCUT2D eigenvalue weighted by molar-refractivity contribution is 0.365. The molecule has 1 aromatic rings. The molecule has 1 aliphatic rings. The molecule has 1 saturated carbocycles. The van der Waals surface area contributed by atoms with Gasteiger partial charge in [-0.25, -0.2) is 0 Å². The third-order valence-corrected chi connectivity index (χ3v) is 5.31. The lowest BCUT2D eigenvalue weighted by atomic mass is 9.80. The SMILES string of the molecule is CCCC1CCCC(N)(c2cc(C)c(C)cc2C)CC1. The highest BCUT2D eigenvalue weighted by atomic mass is 14.7. The molecule has 0 radical (unpaired) electrons. The Hall–Kier alpha value is -0.820. The van der Waals surface area contributed by atoms with Crippen molar-refractivity contribution < 1.29 is 0 Å². The van der Waals surface area contributed by atoms with Gasteiger partial charge in [-0.15, -0.1) is 0 Å². The summed E-state index contributed by atoms with van der Waals surface area (Å²) in [6.45, 7) is 8.93. The van der Waals surface area contributed by atoms with E-state index in [1.54, 1.807) is 0 Å². The van der Waals surface area contributed by atoms with Crippen LogP contribution in [0.5, 0.6) is 0 Å². The highest BCUT2D eigenvalue weighted by Crippen LogP contribution is 2.39. The van der Waals surface area contributed by atoms with Crippen LogP contribution >= 0.6 is 0 Å². The lowest BCUT2D eigenvalue weighted by Crippen LogP contribution is -2.37. The Balaban J connectivity index is 2.24. The summed E-state index contributed by atoms with van der Waals surface area (Å²) < 4.78 is 0. The number of nitrogens with two attached hydrogens (primary N) is 1. The van der Waals surface area contributed by atoms with Crippen LogP contribution in [0.25, 0.3) is 0 Å². The normalized spacial score (nSPS) is 27.4. The maximum Gasteiger partial charge on any atom is 0.0412 e. The van der Waals surface area contributed by atoms with Crippen LogP contribution in [0.1, 0.15) is 74.1 Å². The number of rotatable bonds is 3. The fourth-order valence-electron chi connectivity index (χ4n) is 3.90. The minimum Gasteiger partial charge on any atom is -0.321 e. The quantitative estimate of drug-likeness (QED) is 0.758. The number of hydrogen-bond donors (Lipinski definition) is 1. The Morgan fingerprint density at radius 1 is 1.05 bits per heavy atom. The van der Waals surface area contributed by atoms with E-state index in [-0.39, 0.29) is 5.54 Å². The van der Waals surface area contributed by atoms with Gasteiger partial charge >= 0.3 is 0 Å². The summed E-state index contributed by atoms with van der Waals surface area (Å²) in [6.07, 6.45) is 8.95. The van der Waals surface area contributed by atoms with E-state index in [0.717, 1.165) is 18.8 Å². The van der Waals surface area contributed by atoms with Gasteiger partial charge in [-0.3, -0.25) is 0 Å². The average molecular weight is 273 g/mol. The molecular formula is C19H31N. The predicted octanol–water partition coefficient (Wildman–Crippen LogP) is 5.15.